The number of ether oxygens (including phenoxy) is 3. The molecular formula is C18H19N3O7. The third kappa shape index (κ3) is 5.10. The van der Waals surface area contributed by atoms with Crippen LogP contribution in [-0.4, -0.2) is 37.1 Å². The molecule has 28 heavy (non-hydrogen) atoms. The number of methoxy groups -OCH3 is 1. The monoisotopic (exact) mass is 389 g/mol. The topological polar surface area (TPSA) is 143 Å². The van der Waals surface area contributed by atoms with Gasteiger partial charge in [0.2, 0.25) is 0 Å². The van der Waals surface area contributed by atoms with Gasteiger partial charge in [-0.3, -0.25) is 19.7 Å². The molecule has 0 aliphatic heterocycles. The zero-order valence-corrected chi connectivity index (χ0v) is 15.3. The normalized spacial score (nSPS) is 10.1. The van der Waals surface area contributed by atoms with Crippen LogP contribution in [0.1, 0.15) is 17.3 Å². The number of nitro benzene ring substituents is 1. The Labute approximate surface area is 160 Å². The maximum absolute atomic E-state index is 12.6. The molecule has 0 aliphatic rings. The van der Waals surface area contributed by atoms with Crippen molar-refractivity contribution in [2.24, 2.45) is 5.73 Å². The van der Waals surface area contributed by atoms with Gasteiger partial charge in [0.15, 0.2) is 18.1 Å². The van der Waals surface area contributed by atoms with Crippen LogP contribution in [-0.2, 0) is 4.79 Å². The van der Waals surface area contributed by atoms with Crippen LogP contribution in [0.25, 0.3) is 0 Å². The summed E-state index contributed by atoms with van der Waals surface area (Å²) in [4.78, 5) is 34.0. The first-order valence-corrected chi connectivity index (χ1v) is 8.17. The summed E-state index contributed by atoms with van der Waals surface area (Å²) >= 11 is 0. The third-order valence-corrected chi connectivity index (χ3v) is 3.52. The Hall–Kier alpha value is -3.82. The van der Waals surface area contributed by atoms with E-state index in [0.717, 1.165) is 6.07 Å². The lowest BCUT2D eigenvalue weighted by molar-refractivity contribution is -0.385. The molecule has 0 aromatic heterocycles. The van der Waals surface area contributed by atoms with E-state index in [1.807, 2.05) is 0 Å². The van der Waals surface area contributed by atoms with Crippen LogP contribution >= 0.6 is 0 Å². The van der Waals surface area contributed by atoms with Crippen molar-refractivity contribution in [3.05, 3.63) is 52.1 Å². The van der Waals surface area contributed by atoms with Crippen LogP contribution in [0.5, 0.6) is 17.2 Å². The molecule has 2 amide bonds. The zero-order valence-electron chi connectivity index (χ0n) is 15.3. The molecule has 0 unspecified atom stereocenters. The summed E-state index contributed by atoms with van der Waals surface area (Å²) in [6.07, 6.45) is 0. The summed E-state index contributed by atoms with van der Waals surface area (Å²) in [6, 6.07) is 8.49. The number of benzene rings is 2. The second kappa shape index (κ2) is 9.21. The number of carbonyl (C=O) groups excluding carboxylic acids is 2. The first-order valence-electron chi connectivity index (χ1n) is 8.17. The molecule has 2 aromatic rings. The summed E-state index contributed by atoms with van der Waals surface area (Å²) in [5, 5.41) is 13.9. The van der Waals surface area contributed by atoms with Gasteiger partial charge in [-0.15, -0.1) is 0 Å². The standard InChI is InChI=1S/C18H19N3O7/c1-3-27-16-8-13(14(21(24)25)9-15(16)26-2)18(23)20-11-4-6-12(7-5-11)28-10-17(19)22/h4-9H,3,10H2,1-2H3,(H2,19,22)(H,20,23). The number of nitrogens with two attached hydrogens (primary N) is 1. The van der Waals surface area contributed by atoms with Gasteiger partial charge in [0, 0.05) is 11.8 Å². The molecule has 0 atom stereocenters. The molecule has 0 aliphatic carbocycles. The minimum absolute atomic E-state index is 0.154. The van der Waals surface area contributed by atoms with Crippen molar-refractivity contribution in [3.63, 3.8) is 0 Å². The molecule has 10 nitrogen and oxygen atoms in total. The van der Waals surface area contributed by atoms with Crippen molar-refractivity contribution in [3.8, 4) is 17.2 Å². The van der Waals surface area contributed by atoms with Crippen molar-refractivity contribution in [1.82, 2.24) is 0 Å². The highest BCUT2D eigenvalue weighted by Crippen LogP contribution is 2.35. The third-order valence-electron chi connectivity index (χ3n) is 3.52. The Kier molecular flexibility index (Phi) is 6.74. The Morgan fingerprint density at radius 2 is 1.82 bits per heavy atom. The smallest absolute Gasteiger partial charge is 0.286 e. The van der Waals surface area contributed by atoms with E-state index in [1.54, 1.807) is 6.92 Å². The quantitative estimate of drug-likeness (QED) is 0.494. The van der Waals surface area contributed by atoms with Gasteiger partial charge in [0.25, 0.3) is 17.5 Å². The number of nitro groups is 1. The molecule has 0 bridgehead atoms. The number of carbonyl (C=O) groups is 2. The number of hydrogen-bond donors (Lipinski definition) is 2. The van der Waals surface area contributed by atoms with Crippen molar-refractivity contribution in [2.45, 2.75) is 6.92 Å². The molecule has 0 saturated heterocycles. The van der Waals surface area contributed by atoms with Gasteiger partial charge in [-0.05, 0) is 31.2 Å². The van der Waals surface area contributed by atoms with Crippen LogP contribution in [0.4, 0.5) is 11.4 Å². The number of nitrogens with zero attached hydrogens (tertiary/aromatic N) is 1. The van der Waals surface area contributed by atoms with Crippen molar-refractivity contribution in [2.75, 3.05) is 25.6 Å². The minimum Gasteiger partial charge on any atom is -0.493 e. The van der Waals surface area contributed by atoms with Crippen LogP contribution in [0.2, 0.25) is 0 Å². The van der Waals surface area contributed by atoms with Gasteiger partial charge in [-0.25, -0.2) is 0 Å². The lowest BCUT2D eigenvalue weighted by atomic mass is 10.1. The van der Waals surface area contributed by atoms with E-state index in [9.17, 15) is 19.7 Å². The number of amides is 2. The average molecular weight is 389 g/mol. The number of hydrogen-bond acceptors (Lipinski definition) is 7. The predicted molar refractivity (Wildman–Crippen MR) is 99.9 cm³/mol. The predicted octanol–water partition coefficient (Wildman–Crippen LogP) is 2.12. The highest BCUT2D eigenvalue weighted by molar-refractivity contribution is 6.07. The number of rotatable bonds is 9. The second-order valence-corrected chi connectivity index (χ2v) is 5.44. The van der Waals surface area contributed by atoms with Crippen molar-refractivity contribution in [1.29, 1.82) is 0 Å². The van der Waals surface area contributed by atoms with Crippen molar-refractivity contribution < 1.29 is 28.7 Å². The Morgan fingerprint density at radius 1 is 1.14 bits per heavy atom. The molecule has 0 saturated carbocycles. The van der Waals surface area contributed by atoms with E-state index < -0.39 is 22.4 Å². The first-order chi connectivity index (χ1) is 13.3. The number of primary amides is 1. The van der Waals surface area contributed by atoms with Crippen LogP contribution in [0, 0.1) is 10.1 Å². The van der Waals surface area contributed by atoms with Crippen LogP contribution in [0.3, 0.4) is 0 Å². The van der Waals surface area contributed by atoms with Gasteiger partial charge in [0.05, 0.1) is 24.7 Å². The van der Waals surface area contributed by atoms with Gasteiger partial charge >= 0.3 is 0 Å². The fourth-order valence-corrected chi connectivity index (χ4v) is 2.30. The van der Waals surface area contributed by atoms with E-state index in [1.165, 1.54) is 37.4 Å². The molecular weight excluding hydrogens is 370 g/mol. The van der Waals surface area contributed by atoms with Crippen LogP contribution < -0.4 is 25.3 Å². The molecule has 3 N–H and O–H groups in total. The van der Waals surface area contributed by atoms with E-state index in [0.29, 0.717) is 18.0 Å². The van der Waals surface area contributed by atoms with Gasteiger partial charge in [0.1, 0.15) is 11.3 Å². The molecule has 2 rings (SSSR count). The number of nitrogens with one attached hydrogen (secondary N) is 1. The van der Waals surface area contributed by atoms with Gasteiger partial charge < -0.3 is 25.3 Å². The summed E-state index contributed by atoms with van der Waals surface area (Å²) < 4.78 is 15.6. The molecule has 2 aromatic carbocycles. The molecule has 10 heteroatoms. The largest absolute Gasteiger partial charge is 0.493 e. The van der Waals surface area contributed by atoms with E-state index in [-0.39, 0.29) is 23.7 Å². The fourth-order valence-electron chi connectivity index (χ4n) is 2.30. The maximum atomic E-state index is 12.6. The summed E-state index contributed by atoms with van der Waals surface area (Å²) in [7, 11) is 1.35. The average Bonchev–Trinajstić information content (AvgIpc) is 2.67. The molecule has 0 heterocycles. The highest BCUT2D eigenvalue weighted by Gasteiger charge is 2.24. The Balaban J connectivity index is 2.26. The Bertz CT molecular complexity index is 881. The zero-order chi connectivity index (χ0) is 20.7. The second-order valence-electron chi connectivity index (χ2n) is 5.44. The van der Waals surface area contributed by atoms with E-state index >= 15 is 0 Å². The SMILES string of the molecule is CCOc1cc(C(=O)Nc2ccc(OCC(N)=O)cc2)c([N+](=O)[O-])cc1OC. The van der Waals surface area contributed by atoms with Gasteiger partial charge in [-0.2, -0.15) is 0 Å². The molecule has 0 spiro atoms. The summed E-state index contributed by atoms with van der Waals surface area (Å²) in [5.74, 6) is -0.557. The van der Waals surface area contributed by atoms with Gasteiger partial charge in [-0.1, -0.05) is 0 Å². The van der Waals surface area contributed by atoms with Crippen LogP contribution in [0.15, 0.2) is 36.4 Å². The van der Waals surface area contributed by atoms with E-state index in [2.05, 4.69) is 5.32 Å². The minimum atomic E-state index is -0.693. The Morgan fingerprint density at radius 3 is 2.36 bits per heavy atom. The highest BCUT2D eigenvalue weighted by atomic mass is 16.6. The fraction of sp³-hybridized carbons (Fsp3) is 0.222. The lowest BCUT2D eigenvalue weighted by Crippen LogP contribution is -2.20. The maximum Gasteiger partial charge on any atom is 0.286 e. The lowest BCUT2D eigenvalue weighted by Gasteiger charge is -2.12. The molecule has 0 radical (unpaired) electrons. The summed E-state index contributed by atoms with van der Waals surface area (Å²) in [6.45, 7) is 1.76. The molecule has 0 fully saturated rings. The summed E-state index contributed by atoms with van der Waals surface area (Å²) in [5.41, 5.74) is 4.78. The van der Waals surface area contributed by atoms with E-state index in [4.69, 9.17) is 19.9 Å². The number of anilines is 1. The van der Waals surface area contributed by atoms with Crippen molar-refractivity contribution >= 4 is 23.2 Å². The first kappa shape index (κ1) is 20.5. The molecule has 148 valence electrons.